The zero-order valence-electron chi connectivity index (χ0n) is 18.8. The van der Waals surface area contributed by atoms with E-state index >= 15 is 0 Å². The smallest absolute Gasteiger partial charge is 0.264 e. The molecule has 0 heterocycles. The standard InChI is InChI=1S/C24H24Cl2N2O5S/c1-16(17-9-12-22(32-2)23(13-17)33-3)27-24(29)15-28(18-10-11-20(25)21(26)14-18)34(30,31)19-7-5-4-6-8-19/h4-14,16H,15H2,1-3H3,(H,27,29)/t16-/m1/s1. The number of rotatable bonds is 9. The van der Waals surface area contributed by atoms with Gasteiger partial charge < -0.3 is 14.8 Å². The van der Waals surface area contributed by atoms with Crippen LogP contribution in [-0.2, 0) is 14.8 Å². The number of methoxy groups -OCH3 is 2. The predicted molar refractivity (Wildman–Crippen MR) is 134 cm³/mol. The molecule has 0 saturated carbocycles. The van der Waals surface area contributed by atoms with E-state index in [1.165, 1.54) is 44.6 Å². The summed E-state index contributed by atoms with van der Waals surface area (Å²) in [4.78, 5) is 13.0. The largest absolute Gasteiger partial charge is 0.493 e. The minimum atomic E-state index is -4.06. The van der Waals surface area contributed by atoms with Crippen molar-refractivity contribution in [3.05, 3.63) is 82.3 Å². The molecular formula is C24H24Cl2N2O5S. The number of amides is 1. The molecule has 0 bridgehead atoms. The van der Waals surface area contributed by atoms with Gasteiger partial charge in [0.15, 0.2) is 11.5 Å². The molecule has 0 unspecified atom stereocenters. The molecule has 7 nitrogen and oxygen atoms in total. The third-order valence-electron chi connectivity index (χ3n) is 5.09. The number of nitrogens with zero attached hydrogens (tertiary/aromatic N) is 1. The number of sulfonamides is 1. The highest BCUT2D eigenvalue weighted by molar-refractivity contribution is 7.92. The second-order valence-electron chi connectivity index (χ2n) is 7.33. The summed E-state index contributed by atoms with van der Waals surface area (Å²) in [6.07, 6.45) is 0. The first-order valence-corrected chi connectivity index (χ1v) is 12.4. The number of benzene rings is 3. The molecule has 180 valence electrons. The monoisotopic (exact) mass is 522 g/mol. The van der Waals surface area contributed by atoms with E-state index in [9.17, 15) is 13.2 Å². The highest BCUT2D eigenvalue weighted by Gasteiger charge is 2.28. The zero-order valence-corrected chi connectivity index (χ0v) is 21.1. The van der Waals surface area contributed by atoms with Gasteiger partial charge in [0.2, 0.25) is 5.91 Å². The summed E-state index contributed by atoms with van der Waals surface area (Å²) in [6, 6.07) is 17.1. The average molecular weight is 523 g/mol. The van der Waals surface area contributed by atoms with Gasteiger partial charge in [-0.15, -0.1) is 0 Å². The van der Waals surface area contributed by atoms with Crippen LogP contribution in [0.2, 0.25) is 10.0 Å². The summed E-state index contributed by atoms with van der Waals surface area (Å²) < 4.78 is 38.4. The van der Waals surface area contributed by atoms with Gasteiger partial charge in [-0.25, -0.2) is 8.42 Å². The molecule has 0 aliphatic heterocycles. The van der Waals surface area contributed by atoms with Crippen molar-refractivity contribution in [1.29, 1.82) is 0 Å². The lowest BCUT2D eigenvalue weighted by atomic mass is 10.1. The minimum Gasteiger partial charge on any atom is -0.493 e. The summed E-state index contributed by atoms with van der Waals surface area (Å²) in [5, 5.41) is 3.28. The van der Waals surface area contributed by atoms with Crippen LogP contribution in [0.5, 0.6) is 11.5 Å². The average Bonchev–Trinajstić information content (AvgIpc) is 2.84. The fourth-order valence-electron chi connectivity index (χ4n) is 3.30. The lowest BCUT2D eigenvalue weighted by molar-refractivity contribution is -0.120. The molecule has 0 aliphatic rings. The molecule has 1 amide bonds. The Morgan fingerprint density at radius 3 is 2.24 bits per heavy atom. The second-order valence-corrected chi connectivity index (χ2v) is 10.0. The van der Waals surface area contributed by atoms with Gasteiger partial charge in [-0.3, -0.25) is 9.10 Å². The number of ether oxygens (including phenoxy) is 2. The molecule has 1 atom stereocenters. The van der Waals surface area contributed by atoms with Crippen molar-refractivity contribution in [2.45, 2.75) is 17.9 Å². The van der Waals surface area contributed by atoms with Gasteiger partial charge in [0, 0.05) is 0 Å². The first kappa shape index (κ1) is 25.7. The van der Waals surface area contributed by atoms with Crippen LogP contribution >= 0.6 is 23.2 Å². The number of carbonyl (C=O) groups is 1. The zero-order chi connectivity index (χ0) is 24.9. The normalized spacial score (nSPS) is 12.0. The Bertz CT molecular complexity index is 1270. The Morgan fingerprint density at radius 2 is 1.62 bits per heavy atom. The third-order valence-corrected chi connectivity index (χ3v) is 7.62. The number of hydrogen-bond donors (Lipinski definition) is 1. The molecule has 3 aromatic rings. The number of hydrogen-bond acceptors (Lipinski definition) is 5. The van der Waals surface area contributed by atoms with Crippen molar-refractivity contribution in [3.63, 3.8) is 0 Å². The summed E-state index contributed by atoms with van der Waals surface area (Å²) >= 11 is 12.1. The van der Waals surface area contributed by atoms with E-state index in [2.05, 4.69) is 5.32 Å². The lowest BCUT2D eigenvalue weighted by Gasteiger charge is -2.25. The Morgan fingerprint density at radius 1 is 0.941 bits per heavy atom. The topological polar surface area (TPSA) is 84.9 Å². The van der Waals surface area contributed by atoms with E-state index in [-0.39, 0.29) is 20.6 Å². The van der Waals surface area contributed by atoms with Crippen molar-refractivity contribution < 1.29 is 22.7 Å². The van der Waals surface area contributed by atoms with Gasteiger partial charge in [-0.05, 0) is 55.0 Å². The number of carbonyl (C=O) groups excluding carboxylic acids is 1. The molecule has 0 fully saturated rings. The van der Waals surface area contributed by atoms with Crippen molar-refractivity contribution in [3.8, 4) is 11.5 Å². The summed E-state index contributed by atoms with van der Waals surface area (Å²) in [5.74, 6) is 0.572. The Labute approximate surface area is 209 Å². The van der Waals surface area contributed by atoms with Crippen molar-refractivity contribution in [2.24, 2.45) is 0 Å². The molecule has 0 saturated heterocycles. The number of anilines is 1. The fraction of sp³-hybridized carbons (Fsp3) is 0.208. The van der Waals surface area contributed by atoms with E-state index in [4.69, 9.17) is 32.7 Å². The molecule has 34 heavy (non-hydrogen) atoms. The Kier molecular flexibility index (Phi) is 8.30. The quantitative estimate of drug-likeness (QED) is 0.423. The van der Waals surface area contributed by atoms with Crippen molar-refractivity contribution in [2.75, 3.05) is 25.1 Å². The molecule has 3 rings (SSSR count). The first-order valence-electron chi connectivity index (χ1n) is 10.2. The fourth-order valence-corrected chi connectivity index (χ4v) is 5.02. The summed E-state index contributed by atoms with van der Waals surface area (Å²) in [6.45, 7) is 1.32. The van der Waals surface area contributed by atoms with E-state index in [1.54, 1.807) is 43.3 Å². The maximum atomic E-state index is 13.4. The Balaban J connectivity index is 1.89. The van der Waals surface area contributed by atoms with Gasteiger partial charge in [-0.1, -0.05) is 47.5 Å². The van der Waals surface area contributed by atoms with Crippen LogP contribution < -0.4 is 19.1 Å². The van der Waals surface area contributed by atoms with Gasteiger partial charge in [-0.2, -0.15) is 0 Å². The van der Waals surface area contributed by atoms with E-state index in [0.717, 1.165) is 9.87 Å². The van der Waals surface area contributed by atoms with Crippen LogP contribution in [0, 0.1) is 0 Å². The predicted octanol–water partition coefficient (Wildman–Crippen LogP) is 5.08. The molecule has 0 radical (unpaired) electrons. The highest BCUT2D eigenvalue weighted by atomic mass is 35.5. The highest BCUT2D eigenvalue weighted by Crippen LogP contribution is 2.31. The molecule has 3 aromatic carbocycles. The minimum absolute atomic E-state index is 0.0433. The van der Waals surface area contributed by atoms with Gasteiger partial charge in [0.25, 0.3) is 10.0 Å². The molecule has 1 N–H and O–H groups in total. The van der Waals surface area contributed by atoms with E-state index in [0.29, 0.717) is 11.5 Å². The van der Waals surface area contributed by atoms with Crippen LogP contribution in [-0.4, -0.2) is 35.1 Å². The first-order chi connectivity index (χ1) is 16.2. The number of halogens is 2. The summed E-state index contributed by atoms with van der Waals surface area (Å²) in [7, 11) is -1.01. The van der Waals surface area contributed by atoms with E-state index < -0.39 is 28.5 Å². The van der Waals surface area contributed by atoms with Crippen LogP contribution in [0.3, 0.4) is 0 Å². The van der Waals surface area contributed by atoms with E-state index in [1.807, 2.05) is 0 Å². The molecule has 0 aliphatic carbocycles. The third kappa shape index (κ3) is 5.75. The van der Waals surface area contributed by atoms with Crippen molar-refractivity contribution >= 4 is 44.8 Å². The molecule has 0 aromatic heterocycles. The summed E-state index contributed by atoms with van der Waals surface area (Å²) in [5.41, 5.74) is 0.977. The molecular weight excluding hydrogens is 499 g/mol. The van der Waals surface area contributed by atoms with Crippen LogP contribution in [0.15, 0.2) is 71.6 Å². The van der Waals surface area contributed by atoms with Crippen molar-refractivity contribution in [1.82, 2.24) is 5.32 Å². The van der Waals surface area contributed by atoms with Gasteiger partial charge in [0.1, 0.15) is 6.54 Å². The second kappa shape index (κ2) is 11.0. The molecule has 0 spiro atoms. The number of nitrogens with one attached hydrogen (secondary N) is 1. The molecule has 10 heteroatoms. The van der Waals surface area contributed by atoms with Crippen LogP contribution in [0.4, 0.5) is 5.69 Å². The van der Waals surface area contributed by atoms with Crippen LogP contribution in [0.1, 0.15) is 18.5 Å². The lowest BCUT2D eigenvalue weighted by Crippen LogP contribution is -2.41. The van der Waals surface area contributed by atoms with Crippen LogP contribution in [0.25, 0.3) is 0 Å². The maximum Gasteiger partial charge on any atom is 0.264 e. The van der Waals surface area contributed by atoms with Gasteiger partial charge >= 0.3 is 0 Å². The maximum absolute atomic E-state index is 13.4. The Hall–Kier alpha value is -2.94. The van der Waals surface area contributed by atoms with Gasteiger partial charge in [0.05, 0.1) is 40.9 Å². The SMILES string of the molecule is COc1ccc([C@@H](C)NC(=O)CN(c2ccc(Cl)c(Cl)c2)S(=O)(=O)c2ccccc2)cc1OC.